The van der Waals surface area contributed by atoms with Gasteiger partial charge in [-0.15, -0.1) is 0 Å². The number of nitrogens with one attached hydrogen (secondary N) is 3. The van der Waals surface area contributed by atoms with E-state index in [1.165, 1.54) is 44.2 Å². The quantitative estimate of drug-likeness (QED) is 0.320. The van der Waals surface area contributed by atoms with Gasteiger partial charge >= 0.3 is 6.18 Å². The van der Waals surface area contributed by atoms with E-state index >= 15 is 0 Å². The van der Waals surface area contributed by atoms with Gasteiger partial charge in [0.2, 0.25) is 0 Å². The van der Waals surface area contributed by atoms with Crippen molar-refractivity contribution >= 4 is 29.0 Å². The van der Waals surface area contributed by atoms with Gasteiger partial charge in [-0.05, 0) is 49.4 Å². The molecule has 0 saturated carbocycles. The van der Waals surface area contributed by atoms with Gasteiger partial charge in [0.05, 0.1) is 7.11 Å². The number of anilines is 2. The molecule has 0 fully saturated rings. The Morgan fingerprint density at radius 1 is 1.18 bits per heavy atom. The summed E-state index contributed by atoms with van der Waals surface area (Å²) in [5.41, 5.74) is -0.742. The smallest absolute Gasteiger partial charge is 0.433 e. The van der Waals surface area contributed by atoms with Crippen LogP contribution in [-0.4, -0.2) is 41.5 Å². The van der Waals surface area contributed by atoms with E-state index in [0.29, 0.717) is 11.3 Å². The Labute approximate surface area is 191 Å². The molecule has 7 nitrogen and oxygen atoms in total. The monoisotopic (exact) mass is 485 g/mol. The Balaban J connectivity index is 1.93. The van der Waals surface area contributed by atoms with Gasteiger partial charge in [-0.25, -0.2) is 4.39 Å². The first kappa shape index (κ1) is 24.2. The largest absolute Gasteiger partial charge is 0.497 e. The highest BCUT2D eigenvalue weighted by Gasteiger charge is 2.36. The van der Waals surface area contributed by atoms with Gasteiger partial charge in [-0.3, -0.25) is 9.89 Å². The van der Waals surface area contributed by atoms with Crippen molar-refractivity contribution in [1.82, 2.24) is 15.1 Å². The first-order chi connectivity index (χ1) is 15.5. The summed E-state index contributed by atoms with van der Waals surface area (Å²) in [6, 6.07) is 9.89. The SMILES string of the molecule is COc1ccc(C(=O)N(C)C(Nc2cc(F)cc(Cl)c2)Nc2n[nH]c(C(F)(F)F)c2C)cc1. The van der Waals surface area contributed by atoms with Gasteiger partial charge in [0.25, 0.3) is 5.91 Å². The number of halogens is 5. The molecule has 33 heavy (non-hydrogen) atoms. The Kier molecular flexibility index (Phi) is 7.01. The van der Waals surface area contributed by atoms with Crippen molar-refractivity contribution in [3.63, 3.8) is 0 Å². The third-order valence-corrected chi connectivity index (χ3v) is 5.00. The summed E-state index contributed by atoms with van der Waals surface area (Å²) >= 11 is 5.90. The lowest BCUT2D eigenvalue weighted by Gasteiger charge is -2.31. The normalized spacial score (nSPS) is 12.2. The first-order valence-electron chi connectivity index (χ1n) is 9.52. The minimum absolute atomic E-state index is 0.0932. The number of H-pyrrole nitrogens is 1. The average Bonchev–Trinajstić information content (AvgIpc) is 3.12. The van der Waals surface area contributed by atoms with E-state index in [0.717, 1.165) is 12.1 Å². The first-order valence-corrected chi connectivity index (χ1v) is 9.90. The minimum atomic E-state index is -4.64. The lowest BCUT2D eigenvalue weighted by molar-refractivity contribution is -0.141. The molecule has 1 atom stereocenters. The maximum absolute atomic E-state index is 13.8. The second-order valence-corrected chi connectivity index (χ2v) is 7.50. The Hall–Kier alpha value is -3.47. The topological polar surface area (TPSA) is 82.3 Å². The maximum Gasteiger partial charge on any atom is 0.433 e. The predicted molar refractivity (Wildman–Crippen MR) is 116 cm³/mol. The molecule has 0 bridgehead atoms. The molecule has 3 rings (SSSR count). The van der Waals surface area contributed by atoms with Gasteiger partial charge < -0.3 is 20.3 Å². The molecule has 0 aliphatic heterocycles. The Morgan fingerprint density at radius 3 is 2.39 bits per heavy atom. The van der Waals surface area contributed by atoms with Crippen molar-refractivity contribution in [2.75, 3.05) is 24.8 Å². The van der Waals surface area contributed by atoms with Crippen LogP contribution in [0, 0.1) is 12.7 Å². The van der Waals surface area contributed by atoms with E-state index in [1.807, 2.05) is 5.10 Å². The summed E-state index contributed by atoms with van der Waals surface area (Å²) in [6.45, 7) is 1.23. The zero-order chi connectivity index (χ0) is 24.3. The lowest BCUT2D eigenvalue weighted by Crippen LogP contribution is -2.47. The van der Waals surface area contributed by atoms with Crippen LogP contribution in [0.3, 0.4) is 0 Å². The molecular weight excluding hydrogens is 466 g/mol. The second-order valence-electron chi connectivity index (χ2n) is 7.06. The molecular formula is C21H20ClF4N5O2. The summed E-state index contributed by atoms with van der Waals surface area (Å²) < 4.78 is 58.4. The van der Waals surface area contributed by atoms with Crippen LogP contribution in [-0.2, 0) is 6.18 Å². The van der Waals surface area contributed by atoms with E-state index in [1.54, 1.807) is 12.1 Å². The van der Waals surface area contributed by atoms with Crippen LogP contribution in [0.1, 0.15) is 21.6 Å². The molecule has 3 N–H and O–H groups in total. The van der Waals surface area contributed by atoms with Crippen molar-refractivity contribution in [3.05, 3.63) is 70.1 Å². The van der Waals surface area contributed by atoms with Crippen LogP contribution in [0.25, 0.3) is 0 Å². The molecule has 1 heterocycles. The number of amides is 1. The van der Waals surface area contributed by atoms with E-state index in [4.69, 9.17) is 16.3 Å². The predicted octanol–water partition coefficient (Wildman–Crippen LogP) is 5.12. The van der Waals surface area contributed by atoms with E-state index in [2.05, 4.69) is 15.7 Å². The number of nitrogens with zero attached hydrogens (tertiary/aromatic N) is 2. The van der Waals surface area contributed by atoms with Crippen molar-refractivity contribution in [3.8, 4) is 5.75 Å². The highest BCUT2D eigenvalue weighted by molar-refractivity contribution is 6.30. The number of alkyl halides is 3. The molecule has 176 valence electrons. The van der Waals surface area contributed by atoms with Gasteiger partial charge in [0.1, 0.15) is 17.3 Å². The molecule has 12 heteroatoms. The van der Waals surface area contributed by atoms with Gasteiger partial charge in [0, 0.05) is 28.9 Å². The molecule has 0 spiro atoms. The number of carbonyl (C=O) groups excluding carboxylic acids is 1. The third kappa shape index (κ3) is 5.67. The summed E-state index contributed by atoms with van der Waals surface area (Å²) in [5.74, 6) is -0.711. The zero-order valence-electron chi connectivity index (χ0n) is 17.7. The molecule has 1 aromatic heterocycles. The van der Waals surface area contributed by atoms with Gasteiger partial charge in [-0.1, -0.05) is 11.6 Å². The van der Waals surface area contributed by atoms with Crippen molar-refractivity contribution in [2.24, 2.45) is 0 Å². The number of rotatable bonds is 7. The van der Waals surface area contributed by atoms with E-state index in [-0.39, 0.29) is 22.1 Å². The molecule has 0 aliphatic rings. The average molecular weight is 486 g/mol. The zero-order valence-corrected chi connectivity index (χ0v) is 18.5. The molecule has 2 aromatic carbocycles. The minimum Gasteiger partial charge on any atom is -0.497 e. The second kappa shape index (κ2) is 9.57. The number of aromatic amines is 1. The third-order valence-electron chi connectivity index (χ3n) is 4.78. The van der Waals surface area contributed by atoms with E-state index in [9.17, 15) is 22.4 Å². The number of benzene rings is 2. The molecule has 0 radical (unpaired) electrons. The van der Waals surface area contributed by atoms with Crippen LogP contribution in [0.4, 0.5) is 29.1 Å². The van der Waals surface area contributed by atoms with Crippen LogP contribution in [0.15, 0.2) is 42.5 Å². The molecule has 3 aromatic rings. The van der Waals surface area contributed by atoms with Crippen molar-refractivity contribution in [2.45, 2.75) is 19.4 Å². The Morgan fingerprint density at radius 2 is 1.85 bits per heavy atom. The van der Waals surface area contributed by atoms with Gasteiger partial charge in [-0.2, -0.15) is 18.3 Å². The highest BCUT2D eigenvalue weighted by Crippen LogP contribution is 2.33. The highest BCUT2D eigenvalue weighted by atomic mass is 35.5. The van der Waals surface area contributed by atoms with Crippen LogP contribution in [0.5, 0.6) is 5.75 Å². The number of carbonyl (C=O) groups is 1. The van der Waals surface area contributed by atoms with Crippen LogP contribution < -0.4 is 15.4 Å². The fourth-order valence-corrected chi connectivity index (χ4v) is 3.24. The number of ether oxygens (including phenoxy) is 1. The van der Waals surface area contributed by atoms with Crippen LogP contribution >= 0.6 is 11.6 Å². The number of hydrogen-bond acceptors (Lipinski definition) is 5. The maximum atomic E-state index is 13.8. The summed E-state index contributed by atoms with van der Waals surface area (Å²) in [6.07, 6.45) is -5.76. The summed E-state index contributed by atoms with van der Waals surface area (Å²) in [4.78, 5) is 14.2. The van der Waals surface area contributed by atoms with Gasteiger partial charge in [0.15, 0.2) is 12.1 Å². The summed E-state index contributed by atoms with van der Waals surface area (Å²) in [5, 5.41) is 11.4. The van der Waals surface area contributed by atoms with E-state index < -0.39 is 29.9 Å². The fourth-order valence-electron chi connectivity index (χ4n) is 3.02. The standard InChI is InChI=1S/C21H20ClF4N5O2/c1-11-17(21(24,25)26)29-30-18(11)28-20(27-15-9-13(22)8-14(23)10-15)31(2)19(32)12-4-6-16(33-3)7-5-12/h4-10,20,27H,1-3H3,(H2,28,29,30). The lowest BCUT2D eigenvalue weighted by atomic mass is 10.2. The fraction of sp³-hybridized carbons (Fsp3) is 0.238. The number of methoxy groups -OCH3 is 1. The molecule has 1 amide bonds. The number of aromatic nitrogens is 2. The van der Waals surface area contributed by atoms with Crippen molar-refractivity contribution in [1.29, 1.82) is 0 Å². The summed E-state index contributed by atoms with van der Waals surface area (Å²) in [7, 11) is 2.91. The molecule has 1 unspecified atom stereocenters. The molecule has 0 aliphatic carbocycles. The number of hydrogen-bond donors (Lipinski definition) is 3. The Bertz CT molecular complexity index is 1110. The molecule has 0 saturated heterocycles. The van der Waals surface area contributed by atoms with Crippen LogP contribution in [0.2, 0.25) is 5.02 Å². The van der Waals surface area contributed by atoms with Crippen molar-refractivity contribution < 1.29 is 27.1 Å².